The third kappa shape index (κ3) is 4.11. The molecule has 2 rings (SSSR count). The number of anilines is 1. The maximum Gasteiger partial charge on any atom is 0.305 e. The number of carboxylic acid groups (broad SMARTS) is 1. The lowest BCUT2D eigenvalue weighted by molar-refractivity contribution is -0.136. The number of furan rings is 1. The van der Waals surface area contributed by atoms with Gasteiger partial charge in [-0.15, -0.1) is 0 Å². The first kappa shape index (κ1) is 15.6. The summed E-state index contributed by atoms with van der Waals surface area (Å²) in [7, 11) is 0. The number of hydrogen-bond acceptors (Lipinski definition) is 3. The Morgan fingerprint density at radius 2 is 1.95 bits per heavy atom. The van der Waals surface area contributed by atoms with Crippen LogP contribution in [-0.4, -0.2) is 17.6 Å². The molecule has 0 bridgehead atoms. The molecule has 0 radical (unpaired) electrons. The highest BCUT2D eigenvalue weighted by molar-refractivity contribution is 9.10. The molecule has 1 atom stereocenters. The first-order valence-corrected chi connectivity index (χ1v) is 7.57. The predicted molar refractivity (Wildman–Crippen MR) is 85.6 cm³/mol. The maximum absolute atomic E-state index is 10.9. The summed E-state index contributed by atoms with van der Waals surface area (Å²) in [5.74, 6) is -0.00669. The minimum Gasteiger partial charge on any atom is -0.481 e. The fraction of sp³-hybridized carbons (Fsp3) is 0.312. The number of carbonyl (C=O) groups is 1. The first-order chi connectivity index (χ1) is 9.97. The average Bonchev–Trinajstić information content (AvgIpc) is 2.87. The highest BCUT2D eigenvalue weighted by atomic mass is 79.9. The zero-order valence-electron chi connectivity index (χ0n) is 12.0. The normalized spacial score (nSPS) is 12.1. The number of nitrogens with zero attached hydrogens (tertiary/aromatic N) is 1. The van der Waals surface area contributed by atoms with Crippen molar-refractivity contribution in [1.82, 2.24) is 0 Å². The molecule has 1 aromatic carbocycles. The van der Waals surface area contributed by atoms with Crippen LogP contribution in [0.15, 0.2) is 45.5 Å². The average molecular weight is 352 g/mol. The molecule has 1 unspecified atom stereocenters. The highest BCUT2D eigenvalue weighted by Crippen LogP contribution is 2.29. The smallest absolute Gasteiger partial charge is 0.305 e. The van der Waals surface area contributed by atoms with Crippen molar-refractivity contribution in [3.8, 4) is 0 Å². The summed E-state index contributed by atoms with van der Waals surface area (Å²) in [4.78, 5) is 12.9. The van der Waals surface area contributed by atoms with Crippen molar-refractivity contribution in [3.63, 3.8) is 0 Å². The minimum absolute atomic E-state index is 0.0432. The zero-order chi connectivity index (χ0) is 15.4. The fourth-order valence-corrected chi connectivity index (χ4v) is 2.52. The van der Waals surface area contributed by atoms with Crippen LogP contribution in [0.4, 0.5) is 5.69 Å². The number of aliphatic carboxylic acids is 1. The van der Waals surface area contributed by atoms with E-state index in [-0.39, 0.29) is 12.5 Å². The van der Waals surface area contributed by atoms with Gasteiger partial charge in [-0.1, -0.05) is 17.7 Å². The highest BCUT2D eigenvalue weighted by Gasteiger charge is 2.20. The van der Waals surface area contributed by atoms with Crippen LogP contribution in [0.2, 0.25) is 0 Å². The van der Waals surface area contributed by atoms with Gasteiger partial charge in [-0.25, -0.2) is 0 Å². The monoisotopic (exact) mass is 351 g/mol. The van der Waals surface area contributed by atoms with Crippen molar-refractivity contribution >= 4 is 27.6 Å². The van der Waals surface area contributed by atoms with Crippen LogP contribution >= 0.6 is 15.9 Å². The van der Waals surface area contributed by atoms with E-state index in [0.717, 1.165) is 11.4 Å². The molecule has 0 aliphatic rings. The number of benzene rings is 1. The summed E-state index contributed by atoms with van der Waals surface area (Å²) in [6.07, 6.45) is 0.0834. The first-order valence-electron chi connectivity index (χ1n) is 6.77. The summed E-state index contributed by atoms with van der Waals surface area (Å²) in [5.41, 5.74) is 2.16. The zero-order valence-corrected chi connectivity index (χ0v) is 13.6. The standard InChI is InChI=1S/C16H18BrNO3/c1-11-3-5-13(6-4-11)18(10-9-16(19)20)12(2)14-7-8-15(17)21-14/h3-8,12H,9-10H2,1-2H3,(H,19,20). The van der Waals surface area contributed by atoms with Crippen molar-refractivity contribution in [2.24, 2.45) is 0 Å². The van der Waals surface area contributed by atoms with Crippen molar-refractivity contribution in [2.45, 2.75) is 26.3 Å². The van der Waals surface area contributed by atoms with Crippen molar-refractivity contribution in [3.05, 3.63) is 52.4 Å². The van der Waals surface area contributed by atoms with Crippen molar-refractivity contribution in [2.75, 3.05) is 11.4 Å². The van der Waals surface area contributed by atoms with E-state index in [4.69, 9.17) is 9.52 Å². The Hall–Kier alpha value is -1.75. The van der Waals surface area contributed by atoms with Crippen molar-refractivity contribution < 1.29 is 14.3 Å². The van der Waals surface area contributed by atoms with Gasteiger partial charge in [0.25, 0.3) is 0 Å². The third-order valence-electron chi connectivity index (χ3n) is 3.41. The molecular formula is C16H18BrNO3. The van der Waals surface area contributed by atoms with Gasteiger partial charge in [-0.2, -0.15) is 0 Å². The maximum atomic E-state index is 10.9. The van der Waals surface area contributed by atoms with Gasteiger partial charge in [0.15, 0.2) is 4.67 Å². The molecule has 0 amide bonds. The predicted octanol–water partition coefficient (Wildman–Crippen LogP) is 4.39. The second-order valence-electron chi connectivity index (χ2n) is 4.99. The fourth-order valence-electron chi connectivity index (χ4n) is 2.21. The molecule has 1 aromatic heterocycles. The Morgan fingerprint density at radius 1 is 1.29 bits per heavy atom. The van der Waals surface area contributed by atoms with Gasteiger partial charge in [0.05, 0.1) is 12.5 Å². The van der Waals surface area contributed by atoms with Crippen LogP contribution in [-0.2, 0) is 4.79 Å². The third-order valence-corrected chi connectivity index (χ3v) is 3.83. The van der Waals surface area contributed by atoms with Gasteiger partial charge < -0.3 is 14.4 Å². The Kier molecular flexibility index (Phi) is 5.07. The molecule has 0 fully saturated rings. The molecule has 112 valence electrons. The SMILES string of the molecule is Cc1ccc(N(CCC(=O)O)C(C)c2ccc(Br)o2)cc1. The molecule has 5 heteroatoms. The van der Waals surface area contributed by atoms with Gasteiger partial charge in [-0.3, -0.25) is 4.79 Å². The van der Waals surface area contributed by atoms with Crippen molar-refractivity contribution in [1.29, 1.82) is 0 Å². The second-order valence-corrected chi connectivity index (χ2v) is 5.77. The van der Waals surface area contributed by atoms with Crippen LogP contribution in [0.5, 0.6) is 0 Å². The van der Waals surface area contributed by atoms with E-state index in [1.807, 2.05) is 55.1 Å². The summed E-state index contributed by atoms with van der Waals surface area (Å²) in [6.45, 7) is 4.46. The van der Waals surface area contributed by atoms with Gasteiger partial charge in [-0.05, 0) is 54.0 Å². The van der Waals surface area contributed by atoms with Gasteiger partial charge in [0.1, 0.15) is 5.76 Å². The summed E-state index contributed by atoms with van der Waals surface area (Å²) in [5, 5.41) is 8.95. The molecule has 0 spiro atoms. The topological polar surface area (TPSA) is 53.7 Å². The van der Waals surface area contributed by atoms with Gasteiger partial charge in [0.2, 0.25) is 0 Å². The largest absolute Gasteiger partial charge is 0.481 e. The molecule has 1 N–H and O–H groups in total. The Labute approximate surface area is 132 Å². The van der Waals surface area contributed by atoms with E-state index in [1.54, 1.807) is 0 Å². The lowest BCUT2D eigenvalue weighted by Gasteiger charge is -2.29. The molecule has 2 aromatic rings. The van der Waals surface area contributed by atoms with E-state index in [0.29, 0.717) is 11.2 Å². The summed E-state index contributed by atoms with van der Waals surface area (Å²) >= 11 is 3.30. The van der Waals surface area contributed by atoms with Gasteiger partial charge in [0, 0.05) is 12.2 Å². The van der Waals surface area contributed by atoms with Crippen LogP contribution in [0.3, 0.4) is 0 Å². The number of halogens is 1. The lowest BCUT2D eigenvalue weighted by Crippen LogP contribution is -2.29. The van der Waals surface area contributed by atoms with Crippen LogP contribution in [0, 0.1) is 6.92 Å². The van der Waals surface area contributed by atoms with E-state index in [9.17, 15) is 4.79 Å². The van der Waals surface area contributed by atoms with Crippen LogP contribution in [0.25, 0.3) is 0 Å². The molecule has 21 heavy (non-hydrogen) atoms. The molecule has 0 aliphatic carbocycles. The quantitative estimate of drug-likeness (QED) is 0.838. The number of carboxylic acids is 1. The molecule has 0 saturated heterocycles. The second kappa shape index (κ2) is 6.80. The van der Waals surface area contributed by atoms with Gasteiger partial charge >= 0.3 is 5.97 Å². The van der Waals surface area contributed by atoms with Crippen LogP contribution < -0.4 is 4.90 Å². The van der Waals surface area contributed by atoms with E-state index < -0.39 is 5.97 Å². The Morgan fingerprint density at radius 3 is 2.48 bits per heavy atom. The van der Waals surface area contributed by atoms with Crippen LogP contribution in [0.1, 0.15) is 30.7 Å². The van der Waals surface area contributed by atoms with E-state index in [1.165, 1.54) is 5.56 Å². The Bertz CT molecular complexity index is 606. The molecule has 0 saturated carbocycles. The summed E-state index contributed by atoms with van der Waals surface area (Å²) < 4.78 is 6.28. The Balaban J connectivity index is 2.26. The lowest BCUT2D eigenvalue weighted by atomic mass is 10.1. The number of rotatable bonds is 6. The molecule has 4 nitrogen and oxygen atoms in total. The van der Waals surface area contributed by atoms with E-state index in [2.05, 4.69) is 15.9 Å². The molecule has 1 heterocycles. The summed E-state index contributed by atoms with van der Waals surface area (Å²) in [6, 6.07) is 11.8. The van der Waals surface area contributed by atoms with E-state index >= 15 is 0 Å². The number of aryl methyl sites for hydroxylation is 1. The minimum atomic E-state index is -0.806. The molecular weight excluding hydrogens is 334 g/mol. The number of hydrogen-bond donors (Lipinski definition) is 1. The molecule has 0 aliphatic heterocycles.